The third-order valence-corrected chi connectivity index (χ3v) is 6.95. The fourth-order valence-corrected chi connectivity index (χ4v) is 5.05. The summed E-state index contributed by atoms with van der Waals surface area (Å²) in [7, 11) is -2.29. The zero-order valence-corrected chi connectivity index (χ0v) is 16.5. The van der Waals surface area contributed by atoms with Crippen LogP contribution < -0.4 is 9.04 Å². The van der Waals surface area contributed by atoms with E-state index in [2.05, 4.69) is 0 Å². The summed E-state index contributed by atoms with van der Waals surface area (Å²) in [4.78, 5) is 11.1. The molecule has 1 unspecified atom stereocenters. The molecule has 6 nitrogen and oxygen atoms in total. The van der Waals surface area contributed by atoms with Crippen molar-refractivity contribution in [3.8, 4) is 5.75 Å². The van der Waals surface area contributed by atoms with Crippen LogP contribution in [0, 0.1) is 6.92 Å². The summed E-state index contributed by atoms with van der Waals surface area (Å²) in [5.41, 5.74) is 2.11. The molecule has 0 aliphatic carbocycles. The highest BCUT2D eigenvalue weighted by Crippen LogP contribution is 2.43. The number of methoxy groups -OCH3 is 1. The van der Waals surface area contributed by atoms with Crippen LogP contribution in [0.5, 0.6) is 5.75 Å². The predicted octanol–water partition coefficient (Wildman–Crippen LogP) is 3.81. The van der Waals surface area contributed by atoms with Crippen molar-refractivity contribution in [3.63, 3.8) is 0 Å². The van der Waals surface area contributed by atoms with Crippen LogP contribution in [0.3, 0.4) is 0 Å². The number of aryl methyl sites for hydroxylation is 1. The van der Waals surface area contributed by atoms with E-state index in [4.69, 9.17) is 21.4 Å². The Morgan fingerprint density at radius 3 is 2.67 bits per heavy atom. The molecular formula is C19H20ClNO5S. The third-order valence-electron chi connectivity index (χ3n) is 4.77. The average molecular weight is 410 g/mol. The number of ether oxygens (including phenoxy) is 1. The zero-order valence-electron chi connectivity index (χ0n) is 15.0. The highest BCUT2D eigenvalue weighted by molar-refractivity contribution is 7.92. The van der Waals surface area contributed by atoms with Crippen LogP contribution in [0.25, 0.3) is 0 Å². The monoisotopic (exact) mass is 409 g/mol. The fourth-order valence-electron chi connectivity index (χ4n) is 3.24. The Labute approximate surface area is 163 Å². The molecule has 0 fully saturated rings. The van der Waals surface area contributed by atoms with Gasteiger partial charge in [0.15, 0.2) is 0 Å². The maximum absolute atomic E-state index is 13.2. The normalized spacial score (nSPS) is 16.3. The molecule has 2 aromatic rings. The molecule has 8 heteroatoms. The lowest BCUT2D eigenvalue weighted by Crippen LogP contribution is -2.30. The minimum absolute atomic E-state index is 0.0361. The summed E-state index contributed by atoms with van der Waals surface area (Å²) in [6.07, 6.45) is 0.307. The van der Waals surface area contributed by atoms with Gasteiger partial charge in [0.25, 0.3) is 10.0 Å². The number of fused-ring (bicyclic) bond motifs is 1. The number of carboxylic acid groups (broad SMARTS) is 1. The molecule has 1 heterocycles. The van der Waals surface area contributed by atoms with Crippen molar-refractivity contribution < 1.29 is 23.1 Å². The molecule has 0 amide bonds. The lowest BCUT2D eigenvalue weighted by atomic mass is 9.96. The lowest BCUT2D eigenvalue weighted by Gasteiger charge is -2.20. The van der Waals surface area contributed by atoms with E-state index in [0.29, 0.717) is 22.9 Å². The first-order valence-corrected chi connectivity index (χ1v) is 10.2. The van der Waals surface area contributed by atoms with Gasteiger partial charge in [-0.25, -0.2) is 8.42 Å². The van der Waals surface area contributed by atoms with Gasteiger partial charge in [-0.1, -0.05) is 17.7 Å². The van der Waals surface area contributed by atoms with E-state index in [1.807, 2.05) is 0 Å². The Morgan fingerprint density at radius 1 is 1.30 bits per heavy atom. The fraction of sp³-hybridized carbons (Fsp3) is 0.316. The first-order valence-electron chi connectivity index (χ1n) is 8.42. The second kappa shape index (κ2) is 7.40. The highest BCUT2D eigenvalue weighted by atomic mass is 35.5. The van der Waals surface area contributed by atoms with Crippen LogP contribution in [-0.2, 0) is 14.8 Å². The standard InChI is InChI=1S/C19H20ClNO5S/c1-12-3-6-15(10-17(12)20)27(24,25)21-11-13(4-8-19(22)23)16-9-14(26-2)5-7-18(16)21/h3,5-7,9-10,13H,4,8,11H2,1-2H3,(H,22,23). The molecule has 1 N–H and O–H groups in total. The van der Waals surface area contributed by atoms with Crippen LogP contribution >= 0.6 is 11.6 Å². The van der Waals surface area contributed by atoms with Crippen molar-refractivity contribution in [3.05, 3.63) is 52.5 Å². The Bertz CT molecular complexity index is 990. The van der Waals surface area contributed by atoms with Gasteiger partial charge < -0.3 is 9.84 Å². The van der Waals surface area contributed by atoms with Gasteiger partial charge in [-0.15, -0.1) is 0 Å². The molecule has 0 aromatic heterocycles. The lowest BCUT2D eigenvalue weighted by molar-refractivity contribution is -0.137. The number of carbonyl (C=O) groups is 1. The van der Waals surface area contributed by atoms with E-state index in [-0.39, 0.29) is 23.8 Å². The van der Waals surface area contributed by atoms with Crippen molar-refractivity contribution >= 4 is 33.3 Å². The second-order valence-corrected chi connectivity index (χ2v) is 8.77. The quantitative estimate of drug-likeness (QED) is 0.784. The number of halogens is 1. The first-order chi connectivity index (χ1) is 12.7. The van der Waals surface area contributed by atoms with Crippen molar-refractivity contribution in [2.75, 3.05) is 18.0 Å². The third kappa shape index (κ3) is 3.75. The van der Waals surface area contributed by atoms with E-state index in [1.165, 1.54) is 23.5 Å². The Kier molecular flexibility index (Phi) is 5.35. The van der Waals surface area contributed by atoms with E-state index >= 15 is 0 Å². The topological polar surface area (TPSA) is 83.9 Å². The van der Waals surface area contributed by atoms with E-state index < -0.39 is 16.0 Å². The largest absolute Gasteiger partial charge is 0.497 e. The van der Waals surface area contributed by atoms with Crippen molar-refractivity contribution in [1.82, 2.24) is 0 Å². The molecule has 144 valence electrons. The SMILES string of the molecule is COc1ccc2c(c1)C(CCC(=O)O)CN2S(=O)(=O)c1ccc(C)c(Cl)c1. The number of rotatable bonds is 6. The van der Waals surface area contributed by atoms with Gasteiger partial charge in [-0.2, -0.15) is 0 Å². The molecule has 0 spiro atoms. The zero-order chi connectivity index (χ0) is 19.8. The molecule has 3 rings (SSSR count). The average Bonchev–Trinajstić information content (AvgIpc) is 3.00. The number of anilines is 1. The number of hydrogen-bond acceptors (Lipinski definition) is 4. The number of hydrogen-bond donors (Lipinski definition) is 1. The van der Waals surface area contributed by atoms with Crippen LogP contribution in [0.1, 0.15) is 29.9 Å². The highest BCUT2D eigenvalue weighted by Gasteiger charge is 2.37. The molecular weight excluding hydrogens is 390 g/mol. The van der Waals surface area contributed by atoms with E-state index in [0.717, 1.165) is 11.1 Å². The summed E-state index contributed by atoms with van der Waals surface area (Å²) < 4.78 is 33.0. The van der Waals surface area contributed by atoms with Crippen LogP contribution in [0.15, 0.2) is 41.3 Å². The van der Waals surface area contributed by atoms with Crippen molar-refractivity contribution in [2.24, 2.45) is 0 Å². The molecule has 2 aromatic carbocycles. The molecule has 1 aliphatic rings. The van der Waals surface area contributed by atoms with Crippen LogP contribution in [0.4, 0.5) is 5.69 Å². The first kappa shape index (κ1) is 19.5. The van der Waals surface area contributed by atoms with Gasteiger partial charge >= 0.3 is 5.97 Å². The molecule has 0 saturated carbocycles. The summed E-state index contributed by atoms with van der Waals surface area (Å²) in [6.45, 7) is 1.99. The summed E-state index contributed by atoms with van der Waals surface area (Å²) in [5, 5.41) is 9.39. The number of benzene rings is 2. The van der Waals surface area contributed by atoms with Crippen molar-refractivity contribution in [1.29, 1.82) is 0 Å². The molecule has 0 saturated heterocycles. The molecule has 1 atom stereocenters. The second-order valence-electron chi connectivity index (χ2n) is 6.50. The molecule has 1 aliphatic heterocycles. The number of nitrogens with zero attached hydrogens (tertiary/aromatic N) is 1. The number of aliphatic carboxylic acids is 1. The van der Waals surface area contributed by atoms with E-state index in [9.17, 15) is 13.2 Å². The maximum Gasteiger partial charge on any atom is 0.303 e. The Hall–Kier alpha value is -2.25. The van der Waals surface area contributed by atoms with Crippen molar-refractivity contribution in [2.45, 2.75) is 30.6 Å². The molecule has 0 radical (unpaired) electrons. The number of sulfonamides is 1. The molecule has 27 heavy (non-hydrogen) atoms. The minimum atomic E-state index is -3.82. The van der Waals surface area contributed by atoms with Crippen LogP contribution in [-0.4, -0.2) is 33.1 Å². The van der Waals surface area contributed by atoms with Gasteiger partial charge in [0, 0.05) is 23.9 Å². The smallest absolute Gasteiger partial charge is 0.303 e. The van der Waals surface area contributed by atoms with Gasteiger partial charge in [0.2, 0.25) is 0 Å². The van der Waals surface area contributed by atoms with Gasteiger partial charge in [0.1, 0.15) is 5.75 Å². The van der Waals surface area contributed by atoms with Gasteiger partial charge in [-0.05, 0) is 54.8 Å². The van der Waals surface area contributed by atoms with Gasteiger partial charge in [-0.3, -0.25) is 9.10 Å². The summed E-state index contributed by atoms with van der Waals surface area (Å²) in [6, 6.07) is 9.82. The Balaban J connectivity index is 2.03. The Morgan fingerprint density at radius 2 is 2.04 bits per heavy atom. The maximum atomic E-state index is 13.2. The number of carboxylic acids is 1. The summed E-state index contributed by atoms with van der Waals surface area (Å²) >= 11 is 6.11. The van der Waals surface area contributed by atoms with Gasteiger partial charge in [0.05, 0.1) is 17.7 Å². The van der Waals surface area contributed by atoms with Crippen LogP contribution in [0.2, 0.25) is 5.02 Å². The minimum Gasteiger partial charge on any atom is -0.497 e. The predicted molar refractivity (Wildman–Crippen MR) is 103 cm³/mol. The van der Waals surface area contributed by atoms with E-state index in [1.54, 1.807) is 31.2 Å². The summed E-state index contributed by atoms with van der Waals surface area (Å²) in [5.74, 6) is -0.528. The molecule has 0 bridgehead atoms.